The highest BCUT2D eigenvalue weighted by Crippen LogP contribution is 2.35. The molecule has 0 bridgehead atoms. The first kappa shape index (κ1) is 21.6. The van der Waals surface area contributed by atoms with Gasteiger partial charge in [-0.05, 0) is 60.4 Å². The van der Waals surface area contributed by atoms with Crippen LogP contribution in [0.25, 0.3) is 10.4 Å². The molecular weight excluding hydrogens is 406 g/mol. The van der Waals surface area contributed by atoms with Crippen LogP contribution in [0.5, 0.6) is 5.75 Å². The van der Waals surface area contributed by atoms with Crippen molar-refractivity contribution in [1.82, 2.24) is 4.90 Å². The molecule has 0 saturated carbocycles. The molecule has 4 rings (SSSR count). The van der Waals surface area contributed by atoms with Gasteiger partial charge in [-0.1, -0.05) is 42.5 Å². The maximum absolute atomic E-state index is 11.0. The third-order valence-electron chi connectivity index (χ3n) is 5.75. The van der Waals surface area contributed by atoms with Crippen molar-refractivity contribution in [2.24, 2.45) is 5.92 Å². The molecule has 0 atom stereocenters. The van der Waals surface area contributed by atoms with E-state index in [9.17, 15) is 4.79 Å². The Kier molecular flexibility index (Phi) is 7.39. The summed E-state index contributed by atoms with van der Waals surface area (Å²) in [6, 6.07) is 21.2. The van der Waals surface area contributed by atoms with Gasteiger partial charge < -0.3 is 9.84 Å². The number of aryl methyl sites for hydroxylation is 1. The topological polar surface area (TPSA) is 49.8 Å². The normalized spacial score (nSPS) is 14.3. The van der Waals surface area contributed by atoms with Crippen molar-refractivity contribution in [2.75, 3.05) is 19.7 Å². The minimum atomic E-state index is -0.692. The number of ether oxygens (including phenoxy) is 1. The van der Waals surface area contributed by atoms with Crippen molar-refractivity contribution < 1.29 is 14.6 Å². The summed E-state index contributed by atoms with van der Waals surface area (Å²) in [6.07, 6.45) is 4.50. The SMILES string of the molecule is O=C(O)C1CN(Cc2ccc(OCCCCCc3ccccc3)c(-c3cccs3)c2)C1. The Bertz CT molecular complexity index is 966. The van der Waals surface area contributed by atoms with E-state index in [0.717, 1.165) is 43.7 Å². The van der Waals surface area contributed by atoms with Gasteiger partial charge in [0.25, 0.3) is 0 Å². The van der Waals surface area contributed by atoms with E-state index in [2.05, 4.69) is 70.9 Å². The van der Waals surface area contributed by atoms with Crippen molar-refractivity contribution >= 4 is 17.3 Å². The molecule has 2 heterocycles. The van der Waals surface area contributed by atoms with Crippen molar-refractivity contribution in [3.8, 4) is 16.2 Å². The monoisotopic (exact) mass is 435 g/mol. The second kappa shape index (κ2) is 10.6. The average Bonchev–Trinajstić information content (AvgIpc) is 3.28. The number of nitrogens with zero attached hydrogens (tertiary/aromatic N) is 1. The van der Waals surface area contributed by atoms with E-state index < -0.39 is 5.97 Å². The first-order valence-electron chi connectivity index (χ1n) is 11.0. The van der Waals surface area contributed by atoms with Gasteiger partial charge in [0.1, 0.15) is 5.75 Å². The molecule has 0 unspecified atom stereocenters. The molecule has 1 aliphatic rings. The number of carboxylic acids is 1. The van der Waals surface area contributed by atoms with E-state index in [-0.39, 0.29) is 5.92 Å². The lowest BCUT2D eigenvalue weighted by molar-refractivity contribution is -0.147. The largest absolute Gasteiger partial charge is 0.493 e. The van der Waals surface area contributed by atoms with Crippen LogP contribution in [0.15, 0.2) is 66.0 Å². The summed E-state index contributed by atoms with van der Waals surface area (Å²) in [5, 5.41) is 11.2. The zero-order valence-corrected chi connectivity index (χ0v) is 18.5. The summed E-state index contributed by atoms with van der Waals surface area (Å²) in [6.45, 7) is 2.76. The second-order valence-electron chi connectivity index (χ2n) is 8.18. The number of unbranched alkanes of at least 4 members (excludes halogenated alkanes) is 2. The molecule has 0 aliphatic carbocycles. The van der Waals surface area contributed by atoms with Gasteiger partial charge in [-0.2, -0.15) is 0 Å². The summed E-state index contributed by atoms with van der Waals surface area (Å²) in [5.74, 6) is 0.0191. The lowest BCUT2D eigenvalue weighted by Crippen LogP contribution is -2.49. The first-order valence-corrected chi connectivity index (χ1v) is 11.9. The van der Waals surface area contributed by atoms with Crippen LogP contribution in [-0.4, -0.2) is 35.7 Å². The Labute approximate surface area is 188 Å². The Hall–Kier alpha value is -2.63. The Morgan fingerprint density at radius 3 is 2.58 bits per heavy atom. The lowest BCUT2D eigenvalue weighted by Gasteiger charge is -2.36. The molecule has 1 saturated heterocycles. The highest BCUT2D eigenvalue weighted by molar-refractivity contribution is 7.13. The highest BCUT2D eigenvalue weighted by atomic mass is 32.1. The summed E-state index contributed by atoms with van der Waals surface area (Å²) < 4.78 is 6.18. The molecule has 2 aromatic carbocycles. The lowest BCUT2D eigenvalue weighted by atomic mass is 9.99. The van der Waals surface area contributed by atoms with E-state index in [1.807, 2.05) is 0 Å². The molecule has 1 aromatic heterocycles. The van der Waals surface area contributed by atoms with Gasteiger partial charge in [0.15, 0.2) is 0 Å². The number of hydrogen-bond acceptors (Lipinski definition) is 4. The van der Waals surface area contributed by atoms with Crippen LogP contribution in [0.3, 0.4) is 0 Å². The number of carbonyl (C=O) groups is 1. The zero-order chi connectivity index (χ0) is 21.5. The van der Waals surface area contributed by atoms with E-state index in [4.69, 9.17) is 9.84 Å². The van der Waals surface area contributed by atoms with Crippen molar-refractivity contribution in [2.45, 2.75) is 32.2 Å². The van der Waals surface area contributed by atoms with Crippen LogP contribution in [-0.2, 0) is 17.8 Å². The first-order chi connectivity index (χ1) is 15.2. The van der Waals surface area contributed by atoms with Gasteiger partial charge in [0.2, 0.25) is 0 Å². The molecule has 0 amide bonds. The van der Waals surface area contributed by atoms with E-state index in [1.54, 1.807) is 11.3 Å². The van der Waals surface area contributed by atoms with E-state index in [0.29, 0.717) is 13.1 Å². The standard InChI is InChI=1S/C26H29NO3S/c28-26(29)22-18-27(19-22)17-21-12-13-24(23(16-21)25-11-7-15-31-25)30-14-6-2-5-10-20-8-3-1-4-9-20/h1,3-4,7-9,11-13,15-16,22H,2,5-6,10,14,17-19H2,(H,28,29). The zero-order valence-electron chi connectivity index (χ0n) is 17.7. The minimum Gasteiger partial charge on any atom is -0.493 e. The number of carboxylic acid groups (broad SMARTS) is 1. The predicted octanol–water partition coefficient (Wildman–Crippen LogP) is 5.72. The van der Waals surface area contributed by atoms with Crippen LogP contribution in [0, 0.1) is 5.92 Å². The molecule has 162 valence electrons. The Morgan fingerprint density at radius 1 is 1.00 bits per heavy atom. The molecular formula is C26H29NO3S. The number of aliphatic carboxylic acids is 1. The fourth-order valence-electron chi connectivity index (χ4n) is 3.97. The van der Waals surface area contributed by atoms with Gasteiger partial charge in [-0.15, -0.1) is 11.3 Å². The number of likely N-dealkylation sites (tertiary alicyclic amines) is 1. The Balaban J connectivity index is 1.30. The van der Waals surface area contributed by atoms with Gasteiger partial charge in [-0.3, -0.25) is 9.69 Å². The summed E-state index contributed by atoms with van der Waals surface area (Å²) in [5.41, 5.74) is 3.73. The fourth-order valence-corrected chi connectivity index (χ4v) is 4.72. The smallest absolute Gasteiger partial charge is 0.309 e. The van der Waals surface area contributed by atoms with E-state index in [1.165, 1.54) is 22.4 Å². The van der Waals surface area contributed by atoms with Crippen molar-refractivity contribution in [3.63, 3.8) is 0 Å². The van der Waals surface area contributed by atoms with Crippen LogP contribution < -0.4 is 4.74 Å². The number of rotatable bonds is 11. The molecule has 3 aromatic rings. The van der Waals surface area contributed by atoms with E-state index >= 15 is 0 Å². The van der Waals surface area contributed by atoms with Crippen molar-refractivity contribution in [1.29, 1.82) is 0 Å². The van der Waals surface area contributed by atoms with Gasteiger partial charge in [0, 0.05) is 30.1 Å². The van der Waals surface area contributed by atoms with Crippen molar-refractivity contribution in [3.05, 3.63) is 77.2 Å². The molecule has 0 radical (unpaired) electrons. The molecule has 1 fully saturated rings. The molecule has 0 spiro atoms. The minimum absolute atomic E-state index is 0.221. The number of thiophene rings is 1. The number of benzene rings is 2. The third kappa shape index (κ3) is 5.96. The van der Waals surface area contributed by atoms with Gasteiger partial charge in [-0.25, -0.2) is 0 Å². The second-order valence-corrected chi connectivity index (χ2v) is 9.13. The molecule has 5 heteroatoms. The van der Waals surface area contributed by atoms with Crippen LogP contribution >= 0.6 is 11.3 Å². The summed E-state index contributed by atoms with van der Waals surface area (Å²) in [4.78, 5) is 14.4. The molecule has 1 N–H and O–H groups in total. The fraction of sp³-hybridized carbons (Fsp3) is 0.346. The quantitative estimate of drug-likeness (QED) is 0.391. The summed E-state index contributed by atoms with van der Waals surface area (Å²) in [7, 11) is 0. The highest BCUT2D eigenvalue weighted by Gasteiger charge is 2.32. The Morgan fingerprint density at radius 2 is 1.84 bits per heavy atom. The van der Waals surface area contributed by atoms with Gasteiger partial charge in [0.05, 0.1) is 12.5 Å². The molecule has 1 aliphatic heterocycles. The maximum atomic E-state index is 11.0. The van der Waals surface area contributed by atoms with Gasteiger partial charge >= 0.3 is 5.97 Å². The molecule has 31 heavy (non-hydrogen) atoms. The maximum Gasteiger partial charge on any atom is 0.309 e. The van der Waals surface area contributed by atoms with Crippen LogP contribution in [0.1, 0.15) is 30.4 Å². The average molecular weight is 436 g/mol. The van der Waals surface area contributed by atoms with Crippen LogP contribution in [0.4, 0.5) is 0 Å². The summed E-state index contributed by atoms with van der Waals surface area (Å²) >= 11 is 1.72. The van der Waals surface area contributed by atoms with Crippen LogP contribution in [0.2, 0.25) is 0 Å². The number of hydrogen-bond donors (Lipinski definition) is 1. The third-order valence-corrected chi connectivity index (χ3v) is 6.66. The molecule has 4 nitrogen and oxygen atoms in total. The predicted molar refractivity (Wildman–Crippen MR) is 126 cm³/mol.